The molecule has 0 aliphatic rings. The van der Waals surface area contributed by atoms with Crippen molar-refractivity contribution in [1.29, 1.82) is 0 Å². The number of aliphatic hydroxyl groups is 1. The van der Waals surface area contributed by atoms with E-state index in [-0.39, 0.29) is 18.6 Å². The topological polar surface area (TPSA) is 52.6 Å². The van der Waals surface area contributed by atoms with Gasteiger partial charge in [0.15, 0.2) is 0 Å². The molecule has 1 unspecified atom stereocenters. The van der Waals surface area contributed by atoms with E-state index >= 15 is 0 Å². The molecule has 2 N–H and O–H groups in total. The van der Waals surface area contributed by atoms with Crippen molar-refractivity contribution in [1.82, 2.24) is 10.2 Å². The number of nitrogens with one attached hydrogen (secondary N) is 1. The van der Waals surface area contributed by atoms with Gasteiger partial charge in [-0.1, -0.05) is 33.6 Å². The second-order valence-electron chi connectivity index (χ2n) is 5.79. The van der Waals surface area contributed by atoms with E-state index in [9.17, 15) is 4.79 Å². The molecule has 0 fully saturated rings. The molecule has 1 atom stereocenters. The molecule has 4 nitrogen and oxygen atoms in total. The smallest absolute Gasteiger partial charge is 0.234 e. The summed E-state index contributed by atoms with van der Waals surface area (Å²) in [6.45, 7) is 10.5. The molecule has 0 saturated carbocycles. The SMILES string of the molecule is CCCN(CCO)CC(=O)NC(C)CCCC(C)C. The number of hydrogen-bond donors (Lipinski definition) is 2. The van der Waals surface area contributed by atoms with Crippen molar-refractivity contribution in [3.05, 3.63) is 0 Å². The minimum atomic E-state index is 0.0685. The summed E-state index contributed by atoms with van der Waals surface area (Å²) in [5, 5.41) is 12.0. The first-order valence-corrected chi connectivity index (χ1v) is 7.62. The van der Waals surface area contributed by atoms with E-state index in [1.807, 2.05) is 4.90 Å². The predicted octanol–water partition coefficient (Wildman–Crippen LogP) is 2.02. The van der Waals surface area contributed by atoms with Crippen LogP contribution in [0.4, 0.5) is 0 Å². The van der Waals surface area contributed by atoms with Crippen LogP contribution in [0.25, 0.3) is 0 Å². The standard InChI is InChI=1S/C15H32N2O2/c1-5-9-17(10-11-18)12-15(19)16-14(4)8-6-7-13(2)3/h13-14,18H,5-12H2,1-4H3,(H,16,19). The monoisotopic (exact) mass is 272 g/mol. The van der Waals surface area contributed by atoms with E-state index in [1.165, 1.54) is 6.42 Å². The minimum Gasteiger partial charge on any atom is -0.395 e. The molecule has 114 valence electrons. The van der Waals surface area contributed by atoms with E-state index in [0.717, 1.165) is 31.7 Å². The van der Waals surface area contributed by atoms with Crippen LogP contribution < -0.4 is 5.32 Å². The molecule has 0 radical (unpaired) electrons. The van der Waals surface area contributed by atoms with Gasteiger partial charge in [0.05, 0.1) is 13.2 Å². The van der Waals surface area contributed by atoms with Crippen LogP contribution in [0.15, 0.2) is 0 Å². The average Bonchev–Trinajstić information content (AvgIpc) is 2.28. The average molecular weight is 272 g/mol. The number of aliphatic hydroxyl groups excluding tert-OH is 1. The van der Waals surface area contributed by atoms with Crippen molar-refractivity contribution >= 4 is 5.91 Å². The van der Waals surface area contributed by atoms with E-state index in [2.05, 4.69) is 33.0 Å². The highest BCUT2D eigenvalue weighted by Gasteiger charge is 2.12. The van der Waals surface area contributed by atoms with Crippen LogP contribution in [-0.4, -0.2) is 48.2 Å². The first kappa shape index (κ1) is 18.4. The predicted molar refractivity (Wildman–Crippen MR) is 80.1 cm³/mol. The third-order valence-electron chi connectivity index (χ3n) is 3.15. The molecular weight excluding hydrogens is 240 g/mol. The Morgan fingerprint density at radius 1 is 1.21 bits per heavy atom. The van der Waals surface area contributed by atoms with Crippen LogP contribution >= 0.6 is 0 Å². The highest BCUT2D eigenvalue weighted by atomic mass is 16.3. The number of hydrogen-bond acceptors (Lipinski definition) is 3. The fraction of sp³-hybridized carbons (Fsp3) is 0.933. The summed E-state index contributed by atoms with van der Waals surface area (Å²) in [4.78, 5) is 13.9. The minimum absolute atomic E-state index is 0.0685. The van der Waals surface area contributed by atoms with Crippen LogP contribution in [-0.2, 0) is 4.79 Å². The first-order valence-electron chi connectivity index (χ1n) is 7.62. The molecule has 0 bridgehead atoms. The second kappa shape index (κ2) is 11.2. The van der Waals surface area contributed by atoms with Gasteiger partial charge >= 0.3 is 0 Å². The van der Waals surface area contributed by atoms with Gasteiger partial charge in [-0.3, -0.25) is 9.69 Å². The number of rotatable bonds is 11. The Hall–Kier alpha value is -0.610. The van der Waals surface area contributed by atoms with Crippen molar-refractivity contribution in [2.24, 2.45) is 5.92 Å². The largest absolute Gasteiger partial charge is 0.395 e. The Kier molecular flexibility index (Phi) is 10.9. The molecule has 0 aromatic heterocycles. The summed E-state index contributed by atoms with van der Waals surface area (Å²) in [6.07, 6.45) is 4.41. The first-order chi connectivity index (χ1) is 8.99. The van der Waals surface area contributed by atoms with Crippen LogP contribution in [0, 0.1) is 5.92 Å². The molecular formula is C15H32N2O2. The van der Waals surface area contributed by atoms with E-state index in [1.54, 1.807) is 0 Å². The van der Waals surface area contributed by atoms with E-state index < -0.39 is 0 Å². The molecule has 0 spiro atoms. The second-order valence-corrected chi connectivity index (χ2v) is 5.79. The van der Waals surface area contributed by atoms with Crippen LogP contribution in [0.3, 0.4) is 0 Å². The van der Waals surface area contributed by atoms with E-state index in [4.69, 9.17) is 5.11 Å². The van der Waals surface area contributed by atoms with Gasteiger partial charge in [-0.2, -0.15) is 0 Å². The summed E-state index contributed by atoms with van der Waals surface area (Å²) in [5.41, 5.74) is 0. The van der Waals surface area contributed by atoms with Gasteiger partial charge in [0.25, 0.3) is 0 Å². The Balaban J connectivity index is 3.86. The molecule has 0 aromatic carbocycles. The number of carbonyl (C=O) groups is 1. The molecule has 0 saturated heterocycles. The molecule has 0 heterocycles. The van der Waals surface area contributed by atoms with Gasteiger partial charge in [-0.05, 0) is 32.2 Å². The third-order valence-corrected chi connectivity index (χ3v) is 3.15. The van der Waals surface area contributed by atoms with Crippen LogP contribution in [0.5, 0.6) is 0 Å². The van der Waals surface area contributed by atoms with Crippen molar-refractivity contribution < 1.29 is 9.90 Å². The molecule has 0 rings (SSSR count). The van der Waals surface area contributed by atoms with Gasteiger partial charge < -0.3 is 10.4 Å². The van der Waals surface area contributed by atoms with Gasteiger partial charge in [-0.15, -0.1) is 0 Å². The van der Waals surface area contributed by atoms with Gasteiger partial charge in [-0.25, -0.2) is 0 Å². The fourth-order valence-electron chi connectivity index (χ4n) is 2.16. The lowest BCUT2D eigenvalue weighted by Gasteiger charge is -2.21. The molecule has 1 amide bonds. The maximum Gasteiger partial charge on any atom is 0.234 e. The van der Waals surface area contributed by atoms with Gasteiger partial charge in [0.1, 0.15) is 0 Å². The number of amides is 1. The Bertz CT molecular complexity index is 226. The molecule has 0 aliphatic carbocycles. The molecule has 0 aromatic rings. The lowest BCUT2D eigenvalue weighted by atomic mass is 10.0. The van der Waals surface area contributed by atoms with Crippen molar-refractivity contribution in [3.63, 3.8) is 0 Å². The van der Waals surface area contributed by atoms with Crippen molar-refractivity contribution in [2.45, 2.75) is 59.4 Å². The Labute approximate surface area is 118 Å². The maximum atomic E-state index is 11.9. The lowest BCUT2D eigenvalue weighted by Crippen LogP contribution is -2.42. The van der Waals surface area contributed by atoms with Crippen LogP contribution in [0.2, 0.25) is 0 Å². The van der Waals surface area contributed by atoms with Gasteiger partial charge in [0, 0.05) is 12.6 Å². The molecule has 19 heavy (non-hydrogen) atoms. The summed E-state index contributed by atoms with van der Waals surface area (Å²) in [5.74, 6) is 0.798. The summed E-state index contributed by atoms with van der Waals surface area (Å²) in [6, 6.07) is 0.240. The highest BCUT2D eigenvalue weighted by Crippen LogP contribution is 2.08. The van der Waals surface area contributed by atoms with E-state index in [0.29, 0.717) is 13.1 Å². The number of nitrogens with zero attached hydrogens (tertiary/aromatic N) is 1. The third kappa shape index (κ3) is 11.0. The Morgan fingerprint density at radius 2 is 1.89 bits per heavy atom. The van der Waals surface area contributed by atoms with Crippen LogP contribution in [0.1, 0.15) is 53.4 Å². The fourth-order valence-corrected chi connectivity index (χ4v) is 2.16. The normalized spacial score (nSPS) is 13.0. The highest BCUT2D eigenvalue weighted by molar-refractivity contribution is 5.78. The summed E-state index contributed by atoms with van der Waals surface area (Å²) >= 11 is 0. The zero-order valence-electron chi connectivity index (χ0n) is 13.1. The zero-order chi connectivity index (χ0) is 14.7. The van der Waals surface area contributed by atoms with Crippen molar-refractivity contribution in [2.75, 3.05) is 26.2 Å². The molecule has 4 heteroatoms. The molecule has 0 aliphatic heterocycles. The summed E-state index contributed by atoms with van der Waals surface area (Å²) < 4.78 is 0. The maximum absolute atomic E-state index is 11.9. The number of carbonyl (C=O) groups excluding carboxylic acids is 1. The summed E-state index contributed by atoms with van der Waals surface area (Å²) in [7, 11) is 0. The van der Waals surface area contributed by atoms with Gasteiger partial charge in [0.2, 0.25) is 5.91 Å². The van der Waals surface area contributed by atoms with Crippen molar-refractivity contribution in [3.8, 4) is 0 Å². The lowest BCUT2D eigenvalue weighted by molar-refractivity contribution is -0.123. The Morgan fingerprint density at radius 3 is 2.42 bits per heavy atom. The quantitative estimate of drug-likeness (QED) is 0.605. The zero-order valence-corrected chi connectivity index (χ0v) is 13.1.